The van der Waals surface area contributed by atoms with E-state index in [1.165, 1.54) is 6.07 Å². The molecule has 3 nitrogen and oxygen atoms in total. The maximum atomic E-state index is 13.5. The largest absolute Gasteiger partial charge is 0.353 e. The molecule has 5 heteroatoms. The first-order chi connectivity index (χ1) is 8.54. The monoisotopic (exact) mass is 314 g/mol. The van der Waals surface area contributed by atoms with E-state index in [1.54, 1.807) is 12.1 Å². The molecule has 18 heavy (non-hydrogen) atoms. The molecule has 1 aromatic carbocycles. The fourth-order valence-electron chi connectivity index (χ4n) is 2.28. The Hall–Kier alpha value is -0.940. The first-order valence-corrected chi connectivity index (χ1v) is 6.83. The Balaban J connectivity index is 1.92. The van der Waals surface area contributed by atoms with Crippen molar-refractivity contribution in [2.45, 2.75) is 37.8 Å². The van der Waals surface area contributed by atoms with E-state index in [-0.39, 0.29) is 30.2 Å². The smallest absolute Gasteiger partial charge is 0.224 e. The summed E-state index contributed by atoms with van der Waals surface area (Å²) in [6, 6.07) is 4.93. The zero-order valence-corrected chi connectivity index (χ0v) is 11.5. The second kappa shape index (κ2) is 5.80. The predicted molar refractivity (Wildman–Crippen MR) is 71.6 cm³/mol. The molecule has 0 saturated heterocycles. The second-order valence-electron chi connectivity index (χ2n) is 4.75. The lowest BCUT2D eigenvalue weighted by Gasteiger charge is -2.12. The van der Waals surface area contributed by atoms with Gasteiger partial charge in [-0.1, -0.05) is 15.9 Å². The van der Waals surface area contributed by atoms with Crippen molar-refractivity contribution in [2.75, 3.05) is 0 Å². The summed E-state index contributed by atoms with van der Waals surface area (Å²) in [4.78, 5) is 11.8. The molecule has 3 N–H and O–H groups in total. The van der Waals surface area contributed by atoms with Crippen LogP contribution in [-0.2, 0) is 11.2 Å². The number of benzene rings is 1. The maximum Gasteiger partial charge on any atom is 0.224 e. The van der Waals surface area contributed by atoms with Crippen LogP contribution in [0, 0.1) is 5.82 Å². The van der Waals surface area contributed by atoms with Crippen molar-refractivity contribution in [2.24, 2.45) is 5.73 Å². The molecule has 1 aliphatic carbocycles. The third-order valence-corrected chi connectivity index (χ3v) is 3.69. The SMILES string of the molecule is NC1CCC(NC(=O)Cc2cc(Br)ccc2F)C1. The summed E-state index contributed by atoms with van der Waals surface area (Å²) in [6.45, 7) is 0. The molecule has 2 rings (SSSR count). The normalized spacial score (nSPS) is 23.1. The third-order valence-electron chi connectivity index (χ3n) is 3.20. The summed E-state index contributed by atoms with van der Waals surface area (Å²) in [6.07, 6.45) is 2.73. The van der Waals surface area contributed by atoms with Crippen LogP contribution in [0.3, 0.4) is 0 Å². The highest BCUT2D eigenvalue weighted by molar-refractivity contribution is 9.10. The Morgan fingerprint density at radius 3 is 2.94 bits per heavy atom. The number of hydrogen-bond acceptors (Lipinski definition) is 2. The molecule has 0 radical (unpaired) electrons. The van der Waals surface area contributed by atoms with Gasteiger partial charge in [-0.25, -0.2) is 4.39 Å². The van der Waals surface area contributed by atoms with Gasteiger partial charge >= 0.3 is 0 Å². The molecule has 98 valence electrons. The van der Waals surface area contributed by atoms with Crippen LogP contribution in [0.5, 0.6) is 0 Å². The van der Waals surface area contributed by atoms with E-state index in [0.717, 1.165) is 23.7 Å². The van der Waals surface area contributed by atoms with Gasteiger partial charge in [-0.3, -0.25) is 4.79 Å². The van der Waals surface area contributed by atoms with Crippen LogP contribution in [0.15, 0.2) is 22.7 Å². The van der Waals surface area contributed by atoms with E-state index >= 15 is 0 Å². The van der Waals surface area contributed by atoms with Crippen molar-refractivity contribution in [1.82, 2.24) is 5.32 Å². The van der Waals surface area contributed by atoms with E-state index in [0.29, 0.717) is 5.56 Å². The van der Waals surface area contributed by atoms with Gasteiger partial charge in [0.1, 0.15) is 5.82 Å². The highest BCUT2D eigenvalue weighted by atomic mass is 79.9. The van der Waals surface area contributed by atoms with Gasteiger partial charge in [0.2, 0.25) is 5.91 Å². The van der Waals surface area contributed by atoms with Gasteiger partial charge in [0.15, 0.2) is 0 Å². The molecular formula is C13H16BrFN2O. The fraction of sp³-hybridized carbons (Fsp3) is 0.462. The van der Waals surface area contributed by atoms with Crippen molar-refractivity contribution in [3.63, 3.8) is 0 Å². The minimum Gasteiger partial charge on any atom is -0.353 e. The Kier molecular flexibility index (Phi) is 4.35. The van der Waals surface area contributed by atoms with Crippen LogP contribution in [-0.4, -0.2) is 18.0 Å². The molecule has 0 heterocycles. The predicted octanol–water partition coefficient (Wildman–Crippen LogP) is 2.13. The van der Waals surface area contributed by atoms with Crippen LogP contribution >= 0.6 is 15.9 Å². The number of nitrogens with one attached hydrogen (secondary N) is 1. The Bertz CT molecular complexity index is 453. The van der Waals surface area contributed by atoms with Crippen molar-refractivity contribution in [3.8, 4) is 0 Å². The van der Waals surface area contributed by atoms with Crippen molar-refractivity contribution < 1.29 is 9.18 Å². The van der Waals surface area contributed by atoms with Crippen LogP contribution < -0.4 is 11.1 Å². The highest BCUT2D eigenvalue weighted by Gasteiger charge is 2.23. The maximum absolute atomic E-state index is 13.5. The van der Waals surface area contributed by atoms with E-state index in [2.05, 4.69) is 21.2 Å². The summed E-state index contributed by atoms with van der Waals surface area (Å²) < 4.78 is 14.3. The molecule has 0 bridgehead atoms. The molecule has 0 aromatic heterocycles. The first kappa shape index (κ1) is 13.5. The van der Waals surface area contributed by atoms with Gasteiger partial charge in [0.05, 0.1) is 6.42 Å². The number of amides is 1. The summed E-state index contributed by atoms with van der Waals surface area (Å²) in [5.41, 5.74) is 6.19. The molecule has 1 aliphatic rings. The summed E-state index contributed by atoms with van der Waals surface area (Å²) >= 11 is 3.27. The summed E-state index contributed by atoms with van der Waals surface area (Å²) in [5.74, 6) is -0.498. The fourth-order valence-corrected chi connectivity index (χ4v) is 2.69. The second-order valence-corrected chi connectivity index (χ2v) is 5.67. The van der Waals surface area contributed by atoms with E-state index < -0.39 is 0 Å². The molecule has 1 amide bonds. The number of carbonyl (C=O) groups excluding carboxylic acids is 1. The van der Waals surface area contributed by atoms with Crippen molar-refractivity contribution in [1.29, 1.82) is 0 Å². The minimum absolute atomic E-state index is 0.0665. The standard InChI is InChI=1S/C13H16BrFN2O/c14-9-1-4-12(15)8(5-9)6-13(18)17-11-3-2-10(16)7-11/h1,4-5,10-11H,2-3,6-7,16H2,(H,17,18). The van der Waals surface area contributed by atoms with Gasteiger partial charge in [-0.15, -0.1) is 0 Å². The van der Waals surface area contributed by atoms with Gasteiger partial charge in [-0.2, -0.15) is 0 Å². The highest BCUT2D eigenvalue weighted by Crippen LogP contribution is 2.18. The molecular weight excluding hydrogens is 299 g/mol. The van der Waals surface area contributed by atoms with Gasteiger partial charge < -0.3 is 11.1 Å². The van der Waals surface area contributed by atoms with Crippen molar-refractivity contribution in [3.05, 3.63) is 34.1 Å². The molecule has 1 aromatic rings. The van der Waals surface area contributed by atoms with Gasteiger partial charge in [0, 0.05) is 16.6 Å². The Morgan fingerprint density at radius 2 is 2.28 bits per heavy atom. The zero-order chi connectivity index (χ0) is 13.1. The average molecular weight is 315 g/mol. The Labute approximate surface area is 114 Å². The lowest BCUT2D eigenvalue weighted by atomic mass is 10.1. The lowest BCUT2D eigenvalue weighted by molar-refractivity contribution is -0.121. The first-order valence-electron chi connectivity index (χ1n) is 6.03. The van der Waals surface area contributed by atoms with E-state index in [9.17, 15) is 9.18 Å². The van der Waals surface area contributed by atoms with Crippen molar-refractivity contribution >= 4 is 21.8 Å². The number of halogens is 2. The quantitative estimate of drug-likeness (QED) is 0.898. The summed E-state index contributed by atoms with van der Waals surface area (Å²) in [5, 5.41) is 2.90. The molecule has 1 fully saturated rings. The van der Waals surface area contributed by atoms with E-state index in [1.807, 2.05) is 0 Å². The molecule has 0 spiro atoms. The molecule has 2 atom stereocenters. The minimum atomic E-state index is -0.350. The zero-order valence-electron chi connectivity index (χ0n) is 9.96. The van der Waals surface area contributed by atoms with Crippen LogP contribution in [0.2, 0.25) is 0 Å². The average Bonchev–Trinajstić information content (AvgIpc) is 2.69. The number of rotatable bonds is 3. The molecule has 2 unspecified atom stereocenters. The van der Waals surface area contributed by atoms with Gasteiger partial charge in [-0.05, 0) is 43.0 Å². The lowest BCUT2D eigenvalue weighted by Crippen LogP contribution is -2.35. The van der Waals surface area contributed by atoms with Gasteiger partial charge in [0.25, 0.3) is 0 Å². The van der Waals surface area contributed by atoms with E-state index in [4.69, 9.17) is 5.73 Å². The topological polar surface area (TPSA) is 55.1 Å². The molecule has 1 saturated carbocycles. The number of carbonyl (C=O) groups is 1. The van der Waals surface area contributed by atoms with Crippen LogP contribution in [0.25, 0.3) is 0 Å². The third kappa shape index (κ3) is 3.53. The molecule has 0 aliphatic heterocycles. The van der Waals surface area contributed by atoms with Crippen LogP contribution in [0.1, 0.15) is 24.8 Å². The number of nitrogens with two attached hydrogens (primary N) is 1. The van der Waals surface area contributed by atoms with Crippen LogP contribution in [0.4, 0.5) is 4.39 Å². The summed E-state index contributed by atoms with van der Waals surface area (Å²) in [7, 11) is 0. The Morgan fingerprint density at radius 1 is 1.50 bits per heavy atom. The number of hydrogen-bond donors (Lipinski definition) is 2.